The molecule has 0 aromatic heterocycles. The van der Waals surface area contributed by atoms with Gasteiger partial charge in [-0.2, -0.15) is 0 Å². The molecule has 0 aromatic rings. The van der Waals surface area contributed by atoms with Gasteiger partial charge in [0, 0.05) is 24.2 Å². The molecule has 0 N–H and O–H groups in total. The molecule has 1 aliphatic rings. The lowest BCUT2D eigenvalue weighted by atomic mass is 9.75. The van der Waals surface area contributed by atoms with Gasteiger partial charge in [-0.25, -0.2) is 4.79 Å². The van der Waals surface area contributed by atoms with Crippen LogP contribution < -0.4 is 0 Å². The summed E-state index contributed by atoms with van der Waals surface area (Å²) in [6.07, 6.45) is 6.58. The predicted molar refractivity (Wildman–Crippen MR) is 78.2 cm³/mol. The lowest BCUT2D eigenvalue weighted by molar-refractivity contribution is -0.136. The average molecular weight is 268 g/mol. The van der Waals surface area contributed by atoms with E-state index in [1.165, 1.54) is 26.4 Å². The monoisotopic (exact) mass is 268 g/mol. The molecular formula is C15H28N2O2. The van der Waals surface area contributed by atoms with Gasteiger partial charge in [0.15, 0.2) is 0 Å². The van der Waals surface area contributed by atoms with Crippen LogP contribution >= 0.6 is 0 Å². The van der Waals surface area contributed by atoms with E-state index < -0.39 is 0 Å². The molecule has 110 valence electrons. The SMILES string of the molecule is CCC(=CCN(C)CC1(N(C)C)CCC1)C(=O)OC. The fraction of sp³-hybridized carbons (Fsp3) is 0.800. The number of carbonyl (C=O) groups excluding carboxylic acids is 1. The number of esters is 1. The molecule has 1 aliphatic carbocycles. The topological polar surface area (TPSA) is 32.8 Å². The van der Waals surface area contributed by atoms with Gasteiger partial charge in [-0.3, -0.25) is 0 Å². The van der Waals surface area contributed by atoms with E-state index in [2.05, 4.69) is 30.9 Å². The van der Waals surface area contributed by atoms with E-state index in [1.54, 1.807) is 0 Å². The summed E-state index contributed by atoms with van der Waals surface area (Å²) in [6, 6.07) is 0. The fourth-order valence-corrected chi connectivity index (χ4v) is 2.67. The van der Waals surface area contributed by atoms with E-state index >= 15 is 0 Å². The van der Waals surface area contributed by atoms with Crippen LogP contribution in [0.5, 0.6) is 0 Å². The summed E-state index contributed by atoms with van der Waals surface area (Å²) in [5.41, 5.74) is 1.10. The molecule has 1 saturated carbocycles. The second kappa shape index (κ2) is 7.06. The summed E-state index contributed by atoms with van der Waals surface area (Å²) < 4.78 is 4.77. The number of hydrogen-bond acceptors (Lipinski definition) is 4. The van der Waals surface area contributed by atoms with Crippen LogP contribution in [0.25, 0.3) is 0 Å². The van der Waals surface area contributed by atoms with Crippen molar-refractivity contribution in [3.05, 3.63) is 11.6 Å². The highest BCUT2D eigenvalue weighted by Crippen LogP contribution is 2.36. The first-order valence-electron chi connectivity index (χ1n) is 7.08. The Morgan fingerprint density at radius 3 is 2.32 bits per heavy atom. The van der Waals surface area contributed by atoms with Crippen molar-refractivity contribution in [2.45, 2.75) is 38.1 Å². The Labute approximate surface area is 117 Å². The highest BCUT2D eigenvalue weighted by atomic mass is 16.5. The molecule has 0 amide bonds. The van der Waals surface area contributed by atoms with Gasteiger partial charge in [0.1, 0.15) is 0 Å². The molecule has 0 aliphatic heterocycles. The molecule has 0 heterocycles. The number of carbonyl (C=O) groups is 1. The zero-order valence-corrected chi connectivity index (χ0v) is 13.0. The summed E-state index contributed by atoms with van der Waals surface area (Å²) in [5, 5.41) is 0. The van der Waals surface area contributed by atoms with Crippen molar-refractivity contribution >= 4 is 5.97 Å². The van der Waals surface area contributed by atoms with E-state index in [0.29, 0.717) is 5.54 Å². The zero-order valence-electron chi connectivity index (χ0n) is 13.0. The quantitative estimate of drug-likeness (QED) is 0.521. The van der Waals surface area contributed by atoms with Gasteiger partial charge in [-0.05, 0) is 46.8 Å². The number of methoxy groups -OCH3 is 1. The Hall–Kier alpha value is -0.870. The summed E-state index contributed by atoms with van der Waals surface area (Å²) >= 11 is 0. The molecule has 0 saturated heterocycles. The second-order valence-corrected chi connectivity index (χ2v) is 5.74. The third-order valence-electron chi connectivity index (χ3n) is 4.28. The van der Waals surface area contributed by atoms with Crippen molar-refractivity contribution < 1.29 is 9.53 Å². The third kappa shape index (κ3) is 4.05. The van der Waals surface area contributed by atoms with Crippen molar-refractivity contribution in [2.24, 2.45) is 0 Å². The predicted octanol–water partition coefficient (Wildman–Crippen LogP) is 1.91. The molecule has 1 rings (SSSR count). The van der Waals surface area contributed by atoms with Gasteiger partial charge in [-0.1, -0.05) is 13.0 Å². The Morgan fingerprint density at radius 1 is 1.32 bits per heavy atom. The van der Waals surface area contributed by atoms with Crippen LogP contribution in [0, 0.1) is 0 Å². The maximum Gasteiger partial charge on any atom is 0.333 e. The summed E-state index contributed by atoms with van der Waals surface area (Å²) in [5.74, 6) is -0.207. The summed E-state index contributed by atoms with van der Waals surface area (Å²) in [7, 11) is 7.87. The van der Waals surface area contributed by atoms with Crippen LogP contribution in [0.3, 0.4) is 0 Å². The minimum absolute atomic E-state index is 0.207. The first-order chi connectivity index (χ1) is 8.95. The van der Waals surface area contributed by atoms with Crippen molar-refractivity contribution in [2.75, 3.05) is 41.3 Å². The molecule has 19 heavy (non-hydrogen) atoms. The Balaban J connectivity index is 2.53. The molecule has 0 radical (unpaired) electrons. The number of ether oxygens (including phenoxy) is 1. The maximum absolute atomic E-state index is 11.5. The van der Waals surface area contributed by atoms with Gasteiger partial charge in [0.2, 0.25) is 0 Å². The lowest BCUT2D eigenvalue weighted by Gasteiger charge is -2.49. The molecule has 0 atom stereocenters. The van der Waals surface area contributed by atoms with E-state index in [9.17, 15) is 4.79 Å². The highest BCUT2D eigenvalue weighted by Gasteiger charge is 2.39. The van der Waals surface area contributed by atoms with E-state index in [1.807, 2.05) is 13.0 Å². The van der Waals surface area contributed by atoms with Crippen molar-refractivity contribution in [1.82, 2.24) is 9.80 Å². The zero-order chi connectivity index (χ0) is 14.5. The molecule has 4 heteroatoms. The standard InChI is InChI=1S/C15H28N2O2/c1-6-13(14(18)19-5)8-11-17(4)12-15(16(2)3)9-7-10-15/h8H,6-7,9-12H2,1-5H3. The van der Waals surface area contributed by atoms with Gasteiger partial charge >= 0.3 is 5.97 Å². The molecule has 1 fully saturated rings. The normalized spacial score (nSPS) is 18.6. The Bertz CT molecular complexity index is 333. The lowest BCUT2D eigenvalue weighted by Crippen LogP contribution is -2.56. The molecule has 0 aromatic carbocycles. The molecule has 0 unspecified atom stereocenters. The number of rotatable bonds is 7. The van der Waals surface area contributed by atoms with Gasteiger partial charge < -0.3 is 14.5 Å². The van der Waals surface area contributed by atoms with Crippen molar-refractivity contribution in [3.8, 4) is 0 Å². The van der Waals surface area contributed by atoms with Gasteiger partial charge in [0.25, 0.3) is 0 Å². The highest BCUT2D eigenvalue weighted by molar-refractivity contribution is 5.88. The third-order valence-corrected chi connectivity index (χ3v) is 4.28. The minimum atomic E-state index is -0.207. The van der Waals surface area contributed by atoms with Crippen LogP contribution in [0.1, 0.15) is 32.6 Å². The van der Waals surface area contributed by atoms with E-state index in [-0.39, 0.29) is 5.97 Å². The van der Waals surface area contributed by atoms with Crippen LogP contribution in [-0.2, 0) is 9.53 Å². The molecule has 0 spiro atoms. The van der Waals surface area contributed by atoms with E-state index in [4.69, 9.17) is 4.74 Å². The Kier molecular flexibility index (Phi) is 6.01. The van der Waals surface area contributed by atoms with Gasteiger partial charge in [0.05, 0.1) is 7.11 Å². The first kappa shape index (κ1) is 16.2. The summed E-state index contributed by atoms with van der Waals surface area (Å²) in [4.78, 5) is 16.1. The molecule has 0 bridgehead atoms. The van der Waals surface area contributed by atoms with Crippen LogP contribution in [0.15, 0.2) is 11.6 Å². The first-order valence-corrected chi connectivity index (χ1v) is 7.08. The summed E-state index contributed by atoms with van der Waals surface area (Å²) in [6.45, 7) is 3.83. The number of likely N-dealkylation sites (N-methyl/N-ethyl adjacent to an activating group) is 2. The van der Waals surface area contributed by atoms with Crippen LogP contribution in [0.4, 0.5) is 0 Å². The van der Waals surface area contributed by atoms with Crippen molar-refractivity contribution in [1.29, 1.82) is 0 Å². The van der Waals surface area contributed by atoms with Gasteiger partial charge in [-0.15, -0.1) is 0 Å². The average Bonchev–Trinajstić information content (AvgIpc) is 2.33. The maximum atomic E-state index is 11.5. The Morgan fingerprint density at radius 2 is 1.95 bits per heavy atom. The number of nitrogens with zero attached hydrogens (tertiary/aromatic N) is 2. The number of hydrogen-bond donors (Lipinski definition) is 0. The molecule has 4 nitrogen and oxygen atoms in total. The van der Waals surface area contributed by atoms with Crippen LogP contribution in [-0.4, -0.2) is 62.7 Å². The fourth-order valence-electron chi connectivity index (χ4n) is 2.67. The van der Waals surface area contributed by atoms with Crippen molar-refractivity contribution in [3.63, 3.8) is 0 Å². The molecular weight excluding hydrogens is 240 g/mol. The van der Waals surface area contributed by atoms with Crippen LogP contribution in [0.2, 0.25) is 0 Å². The van der Waals surface area contributed by atoms with E-state index in [0.717, 1.165) is 25.1 Å². The minimum Gasteiger partial charge on any atom is -0.466 e. The smallest absolute Gasteiger partial charge is 0.333 e. The second-order valence-electron chi connectivity index (χ2n) is 5.74. The largest absolute Gasteiger partial charge is 0.466 e.